The lowest BCUT2D eigenvalue weighted by Crippen LogP contribution is -2.40. The molecule has 3 rings (SSSR count). The van der Waals surface area contributed by atoms with E-state index in [0.29, 0.717) is 0 Å². The summed E-state index contributed by atoms with van der Waals surface area (Å²) in [6.07, 6.45) is 0. The van der Waals surface area contributed by atoms with Crippen LogP contribution in [-0.2, 0) is 5.60 Å². The smallest absolute Gasteiger partial charge is 0.319 e. The molecule has 3 N–H and O–H groups in total. The van der Waals surface area contributed by atoms with E-state index < -0.39 is 5.60 Å². The molecule has 0 aliphatic heterocycles. The Morgan fingerprint density at radius 3 is 2.58 bits per heavy atom. The van der Waals surface area contributed by atoms with Crippen LogP contribution in [0.15, 0.2) is 54.6 Å². The topological polar surface area (TPSA) is 61.4 Å². The SMILES string of the molecule is Cc1ccc(NC(=O)NCC(C)(O)c2cc3ccccc3s2)cc1. The first-order valence-corrected chi connectivity index (χ1v) is 8.59. The van der Waals surface area contributed by atoms with Gasteiger partial charge in [0.1, 0.15) is 5.60 Å². The van der Waals surface area contributed by atoms with E-state index in [1.165, 1.54) is 11.3 Å². The Labute approximate surface area is 145 Å². The molecule has 0 spiro atoms. The minimum atomic E-state index is -1.12. The Bertz CT molecular complexity index is 820. The van der Waals surface area contributed by atoms with Crippen LogP contribution < -0.4 is 10.6 Å². The molecule has 4 nitrogen and oxygen atoms in total. The van der Waals surface area contributed by atoms with Crippen molar-refractivity contribution in [1.82, 2.24) is 5.32 Å². The van der Waals surface area contributed by atoms with Gasteiger partial charge in [-0.05, 0) is 43.5 Å². The Morgan fingerprint density at radius 2 is 1.88 bits per heavy atom. The first-order valence-electron chi connectivity index (χ1n) is 7.77. The predicted octanol–water partition coefficient (Wildman–Crippen LogP) is 4.24. The average Bonchev–Trinajstić information content (AvgIpc) is 3.00. The molecule has 0 fully saturated rings. The number of aryl methyl sites for hydroxylation is 1. The molecule has 1 aromatic heterocycles. The van der Waals surface area contributed by atoms with Crippen molar-refractivity contribution < 1.29 is 9.90 Å². The van der Waals surface area contributed by atoms with Gasteiger partial charge in [0, 0.05) is 15.3 Å². The van der Waals surface area contributed by atoms with Gasteiger partial charge >= 0.3 is 6.03 Å². The number of aliphatic hydroxyl groups is 1. The third kappa shape index (κ3) is 3.75. The molecule has 0 aliphatic carbocycles. The number of hydrogen-bond donors (Lipinski definition) is 3. The van der Waals surface area contributed by atoms with E-state index in [2.05, 4.69) is 10.6 Å². The minimum absolute atomic E-state index is 0.136. The predicted molar refractivity (Wildman–Crippen MR) is 99.6 cm³/mol. The van der Waals surface area contributed by atoms with Crippen LogP contribution >= 0.6 is 11.3 Å². The highest BCUT2D eigenvalue weighted by atomic mass is 32.1. The van der Waals surface area contributed by atoms with Crippen LogP contribution in [-0.4, -0.2) is 17.7 Å². The van der Waals surface area contributed by atoms with Gasteiger partial charge in [-0.2, -0.15) is 0 Å². The van der Waals surface area contributed by atoms with Gasteiger partial charge < -0.3 is 15.7 Å². The molecule has 3 aromatic rings. The number of urea groups is 1. The Morgan fingerprint density at radius 1 is 1.17 bits per heavy atom. The van der Waals surface area contributed by atoms with Gasteiger partial charge in [0.2, 0.25) is 0 Å². The number of fused-ring (bicyclic) bond motifs is 1. The molecule has 124 valence electrons. The minimum Gasteiger partial charge on any atom is -0.383 e. The zero-order valence-corrected chi connectivity index (χ0v) is 14.5. The third-order valence-electron chi connectivity index (χ3n) is 3.86. The molecule has 0 saturated heterocycles. The van der Waals surface area contributed by atoms with Crippen molar-refractivity contribution in [3.05, 3.63) is 65.0 Å². The van der Waals surface area contributed by atoms with E-state index in [0.717, 1.165) is 26.2 Å². The van der Waals surface area contributed by atoms with Crippen LogP contribution in [0.4, 0.5) is 10.5 Å². The maximum Gasteiger partial charge on any atom is 0.319 e. The number of benzene rings is 2. The van der Waals surface area contributed by atoms with Crippen molar-refractivity contribution >= 4 is 33.1 Å². The molecule has 0 aliphatic rings. The molecule has 2 amide bonds. The second kappa shape index (κ2) is 6.63. The summed E-state index contributed by atoms with van der Waals surface area (Å²) in [5, 5.41) is 17.3. The third-order valence-corrected chi connectivity index (χ3v) is 5.23. The molecular weight excluding hydrogens is 320 g/mol. The molecule has 0 bridgehead atoms. The van der Waals surface area contributed by atoms with Gasteiger partial charge in [-0.15, -0.1) is 11.3 Å². The summed E-state index contributed by atoms with van der Waals surface area (Å²) in [5.74, 6) is 0. The summed E-state index contributed by atoms with van der Waals surface area (Å²) in [6, 6.07) is 17.2. The zero-order valence-electron chi connectivity index (χ0n) is 13.7. The van der Waals surface area contributed by atoms with E-state index in [-0.39, 0.29) is 12.6 Å². The van der Waals surface area contributed by atoms with Gasteiger partial charge in [0.25, 0.3) is 0 Å². The first-order chi connectivity index (χ1) is 11.4. The van der Waals surface area contributed by atoms with E-state index in [9.17, 15) is 9.90 Å². The summed E-state index contributed by atoms with van der Waals surface area (Å²) in [5.41, 5.74) is 0.738. The molecule has 24 heavy (non-hydrogen) atoms. The van der Waals surface area contributed by atoms with E-state index in [4.69, 9.17) is 0 Å². The van der Waals surface area contributed by atoms with Crippen molar-refractivity contribution in [2.75, 3.05) is 11.9 Å². The van der Waals surface area contributed by atoms with Crippen LogP contribution in [0.5, 0.6) is 0 Å². The van der Waals surface area contributed by atoms with Crippen LogP contribution in [0.2, 0.25) is 0 Å². The van der Waals surface area contributed by atoms with E-state index >= 15 is 0 Å². The standard InChI is InChI=1S/C19H20N2O2S/c1-13-7-9-15(10-8-13)21-18(22)20-12-19(2,23)17-11-14-5-3-4-6-16(14)24-17/h3-11,23H,12H2,1-2H3,(H2,20,21,22). The van der Waals surface area contributed by atoms with Gasteiger partial charge in [0.15, 0.2) is 0 Å². The fourth-order valence-corrected chi connectivity index (χ4v) is 3.51. The molecular formula is C19H20N2O2S. The highest BCUT2D eigenvalue weighted by Crippen LogP contribution is 2.32. The number of carbonyl (C=O) groups excluding carboxylic acids is 1. The van der Waals surface area contributed by atoms with Gasteiger partial charge in [-0.3, -0.25) is 0 Å². The number of rotatable bonds is 4. The number of anilines is 1. The molecule has 1 atom stereocenters. The number of amides is 2. The lowest BCUT2D eigenvalue weighted by atomic mass is 10.0. The Hall–Kier alpha value is -2.37. The number of hydrogen-bond acceptors (Lipinski definition) is 3. The monoisotopic (exact) mass is 340 g/mol. The van der Waals surface area contributed by atoms with Crippen molar-refractivity contribution in [3.63, 3.8) is 0 Å². The average molecular weight is 340 g/mol. The quantitative estimate of drug-likeness (QED) is 0.665. The van der Waals surface area contributed by atoms with Crippen LogP contribution in [0.25, 0.3) is 10.1 Å². The van der Waals surface area contributed by atoms with Crippen molar-refractivity contribution in [3.8, 4) is 0 Å². The van der Waals surface area contributed by atoms with Crippen molar-refractivity contribution in [2.24, 2.45) is 0 Å². The summed E-state index contributed by atoms with van der Waals surface area (Å²) < 4.78 is 1.12. The fourth-order valence-electron chi connectivity index (χ4n) is 2.40. The maximum absolute atomic E-state index is 12.0. The summed E-state index contributed by atoms with van der Waals surface area (Å²) >= 11 is 1.54. The number of carbonyl (C=O) groups is 1. The largest absolute Gasteiger partial charge is 0.383 e. The lowest BCUT2D eigenvalue weighted by Gasteiger charge is -2.22. The van der Waals surface area contributed by atoms with Crippen LogP contribution in [0.1, 0.15) is 17.4 Å². The van der Waals surface area contributed by atoms with Crippen LogP contribution in [0.3, 0.4) is 0 Å². The molecule has 1 heterocycles. The fraction of sp³-hybridized carbons (Fsp3) is 0.211. The van der Waals surface area contributed by atoms with Gasteiger partial charge in [0.05, 0.1) is 6.54 Å². The molecule has 1 unspecified atom stereocenters. The zero-order chi connectivity index (χ0) is 17.2. The van der Waals surface area contributed by atoms with E-state index in [1.54, 1.807) is 6.92 Å². The molecule has 0 saturated carbocycles. The summed E-state index contributed by atoms with van der Waals surface area (Å²) in [4.78, 5) is 12.9. The van der Waals surface area contributed by atoms with Gasteiger partial charge in [-0.1, -0.05) is 35.9 Å². The first kappa shape index (κ1) is 16.5. The number of thiophene rings is 1. The molecule has 5 heteroatoms. The highest BCUT2D eigenvalue weighted by molar-refractivity contribution is 7.19. The maximum atomic E-state index is 12.0. The van der Waals surface area contributed by atoms with Crippen molar-refractivity contribution in [2.45, 2.75) is 19.4 Å². The lowest BCUT2D eigenvalue weighted by molar-refractivity contribution is 0.0638. The van der Waals surface area contributed by atoms with Crippen molar-refractivity contribution in [1.29, 1.82) is 0 Å². The Kier molecular flexibility index (Phi) is 4.55. The summed E-state index contributed by atoms with van der Waals surface area (Å²) in [7, 11) is 0. The number of nitrogens with one attached hydrogen (secondary N) is 2. The molecule has 2 aromatic carbocycles. The molecule has 0 radical (unpaired) electrons. The van der Waals surface area contributed by atoms with Gasteiger partial charge in [-0.25, -0.2) is 4.79 Å². The van der Waals surface area contributed by atoms with E-state index in [1.807, 2.05) is 61.5 Å². The normalized spacial score (nSPS) is 13.5. The second-order valence-electron chi connectivity index (χ2n) is 6.10. The second-order valence-corrected chi connectivity index (χ2v) is 7.18. The summed E-state index contributed by atoms with van der Waals surface area (Å²) in [6.45, 7) is 3.84. The Balaban J connectivity index is 1.63. The highest BCUT2D eigenvalue weighted by Gasteiger charge is 2.26. The van der Waals surface area contributed by atoms with Crippen LogP contribution in [0, 0.1) is 6.92 Å².